The molecule has 162 valence electrons. The number of nitrogens with one attached hydrogen (secondary N) is 2. The van der Waals surface area contributed by atoms with Crippen LogP contribution < -0.4 is 15.5 Å². The van der Waals surface area contributed by atoms with Crippen molar-refractivity contribution < 1.29 is 19.1 Å². The highest BCUT2D eigenvalue weighted by Gasteiger charge is 2.12. The summed E-state index contributed by atoms with van der Waals surface area (Å²) in [5.41, 5.74) is 3.63. The van der Waals surface area contributed by atoms with Crippen LogP contribution in [0.1, 0.15) is 26.3 Å². The molecule has 3 aromatic rings. The minimum absolute atomic E-state index is 0.258. The first-order chi connectivity index (χ1) is 15.4. The number of amides is 2. The van der Waals surface area contributed by atoms with E-state index in [4.69, 9.17) is 4.74 Å². The van der Waals surface area contributed by atoms with Crippen LogP contribution in [0, 0.1) is 0 Å². The van der Waals surface area contributed by atoms with Crippen LogP contribution in [0.25, 0.3) is 0 Å². The summed E-state index contributed by atoms with van der Waals surface area (Å²) in [6.45, 7) is -0.258. The van der Waals surface area contributed by atoms with E-state index in [-0.39, 0.29) is 12.3 Å². The molecule has 0 saturated carbocycles. The SMILES string of the molecule is O=C(CNC(=O)c1ccccc1Br)N/N=C\c1cc(Br)ccc1OC(=O)c1ccccc1. The number of carbonyl (C=O) groups is 3. The third kappa shape index (κ3) is 6.60. The molecular formula is C23H17Br2N3O4. The summed E-state index contributed by atoms with van der Waals surface area (Å²) in [5, 5.41) is 6.42. The molecule has 3 aromatic carbocycles. The Balaban J connectivity index is 1.59. The maximum Gasteiger partial charge on any atom is 0.343 e. The van der Waals surface area contributed by atoms with E-state index < -0.39 is 17.8 Å². The number of esters is 1. The van der Waals surface area contributed by atoms with Gasteiger partial charge in [0.1, 0.15) is 5.75 Å². The highest BCUT2D eigenvalue weighted by molar-refractivity contribution is 9.10. The standard InChI is InChI=1S/C23H17Br2N3O4/c24-17-10-11-20(32-23(31)15-6-2-1-3-7-15)16(12-17)13-27-28-21(29)14-26-22(30)18-8-4-5-9-19(18)25/h1-13H,14H2,(H,26,30)(H,28,29)/b27-13-. The van der Waals surface area contributed by atoms with E-state index in [2.05, 4.69) is 47.7 Å². The molecule has 0 unspecified atom stereocenters. The average molecular weight is 559 g/mol. The van der Waals surface area contributed by atoms with Crippen LogP contribution in [-0.2, 0) is 4.79 Å². The third-order valence-electron chi connectivity index (χ3n) is 4.10. The maximum atomic E-state index is 12.3. The third-order valence-corrected chi connectivity index (χ3v) is 5.29. The zero-order valence-corrected chi connectivity index (χ0v) is 19.7. The van der Waals surface area contributed by atoms with Crippen LogP contribution in [-0.4, -0.2) is 30.5 Å². The van der Waals surface area contributed by atoms with E-state index in [1.807, 2.05) is 0 Å². The summed E-state index contributed by atoms with van der Waals surface area (Å²) in [7, 11) is 0. The molecule has 32 heavy (non-hydrogen) atoms. The molecular weight excluding hydrogens is 542 g/mol. The van der Waals surface area contributed by atoms with Gasteiger partial charge in [0.25, 0.3) is 11.8 Å². The fourth-order valence-corrected chi connectivity index (χ4v) is 3.40. The predicted molar refractivity (Wildman–Crippen MR) is 128 cm³/mol. The number of ether oxygens (including phenoxy) is 1. The van der Waals surface area contributed by atoms with E-state index in [9.17, 15) is 14.4 Å². The van der Waals surface area contributed by atoms with Gasteiger partial charge in [0, 0.05) is 14.5 Å². The van der Waals surface area contributed by atoms with Gasteiger partial charge in [0.15, 0.2) is 0 Å². The van der Waals surface area contributed by atoms with Crippen LogP contribution in [0.2, 0.25) is 0 Å². The Morgan fingerprint density at radius 1 is 0.938 bits per heavy atom. The maximum absolute atomic E-state index is 12.3. The van der Waals surface area contributed by atoms with Crippen molar-refractivity contribution in [2.45, 2.75) is 0 Å². The normalized spacial score (nSPS) is 10.6. The van der Waals surface area contributed by atoms with Crippen LogP contribution in [0.15, 0.2) is 86.8 Å². The molecule has 3 rings (SSSR count). The Hall–Kier alpha value is -3.30. The Morgan fingerprint density at radius 3 is 2.41 bits per heavy atom. The van der Waals surface area contributed by atoms with Crippen molar-refractivity contribution in [3.05, 3.63) is 98.4 Å². The van der Waals surface area contributed by atoms with E-state index in [0.29, 0.717) is 21.2 Å². The Labute approximate surface area is 201 Å². The minimum Gasteiger partial charge on any atom is -0.422 e. The van der Waals surface area contributed by atoms with Crippen molar-refractivity contribution in [2.75, 3.05) is 6.54 Å². The lowest BCUT2D eigenvalue weighted by Crippen LogP contribution is -2.35. The van der Waals surface area contributed by atoms with Crippen LogP contribution >= 0.6 is 31.9 Å². The molecule has 7 nitrogen and oxygen atoms in total. The lowest BCUT2D eigenvalue weighted by atomic mass is 10.2. The molecule has 0 fully saturated rings. The van der Waals surface area contributed by atoms with Crippen molar-refractivity contribution in [2.24, 2.45) is 5.10 Å². The molecule has 2 N–H and O–H groups in total. The topological polar surface area (TPSA) is 96.9 Å². The molecule has 0 spiro atoms. The molecule has 0 aliphatic carbocycles. The second-order valence-corrected chi connectivity index (χ2v) is 8.16. The average Bonchev–Trinajstić information content (AvgIpc) is 2.80. The molecule has 0 heterocycles. The van der Waals surface area contributed by atoms with Crippen LogP contribution in [0.4, 0.5) is 0 Å². The molecule has 0 aromatic heterocycles. The molecule has 0 saturated heterocycles. The summed E-state index contributed by atoms with van der Waals surface area (Å²) >= 11 is 6.65. The van der Waals surface area contributed by atoms with E-state index in [0.717, 1.165) is 4.47 Å². The van der Waals surface area contributed by atoms with Crippen LogP contribution in [0.5, 0.6) is 5.75 Å². The van der Waals surface area contributed by atoms with Gasteiger partial charge in [-0.05, 0) is 58.4 Å². The zero-order valence-electron chi connectivity index (χ0n) is 16.5. The largest absolute Gasteiger partial charge is 0.422 e. The van der Waals surface area contributed by atoms with E-state index in [1.54, 1.807) is 72.8 Å². The second kappa shape index (κ2) is 11.4. The lowest BCUT2D eigenvalue weighted by molar-refractivity contribution is -0.120. The number of carbonyl (C=O) groups excluding carboxylic acids is 3. The molecule has 0 aliphatic rings. The number of hydrogen-bond acceptors (Lipinski definition) is 5. The Bertz CT molecular complexity index is 1170. The molecule has 0 atom stereocenters. The Morgan fingerprint density at radius 2 is 1.66 bits per heavy atom. The first-order valence-corrected chi connectivity index (χ1v) is 10.9. The summed E-state index contributed by atoms with van der Waals surface area (Å²) in [4.78, 5) is 36.5. The van der Waals surface area contributed by atoms with Gasteiger partial charge in [-0.15, -0.1) is 0 Å². The summed E-state index contributed by atoms with van der Waals surface area (Å²) in [6, 6.07) is 20.5. The molecule has 9 heteroatoms. The number of hydrazone groups is 1. The fourth-order valence-electron chi connectivity index (χ4n) is 2.56. The van der Waals surface area contributed by atoms with Gasteiger partial charge in [-0.25, -0.2) is 10.2 Å². The highest BCUT2D eigenvalue weighted by Crippen LogP contribution is 2.23. The number of halogens is 2. The van der Waals surface area contributed by atoms with E-state index >= 15 is 0 Å². The van der Waals surface area contributed by atoms with Crippen molar-refractivity contribution in [1.82, 2.24) is 10.7 Å². The van der Waals surface area contributed by atoms with Crippen molar-refractivity contribution >= 4 is 55.9 Å². The number of hydrogen-bond donors (Lipinski definition) is 2. The lowest BCUT2D eigenvalue weighted by Gasteiger charge is -2.08. The molecule has 0 bridgehead atoms. The summed E-state index contributed by atoms with van der Waals surface area (Å²) < 4.78 is 6.83. The van der Waals surface area contributed by atoms with Crippen molar-refractivity contribution in [1.29, 1.82) is 0 Å². The first kappa shape index (κ1) is 23.4. The number of nitrogens with zero attached hydrogens (tertiary/aromatic N) is 1. The van der Waals surface area contributed by atoms with Gasteiger partial charge in [-0.3, -0.25) is 9.59 Å². The van der Waals surface area contributed by atoms with Gasteiger partial charge in [0.2, 0.25) is 0 Å². The quantitative estimate of drug-likeness (QED) is 0.195. The van der Waals surface area contributed by atoms with Crippen molar-refractivity contribution in [3.63, 3.8) is 0 Å². The van der Waals surface area contributed by atoms with Crippen molar-refractivity contribution in [3.8, 4) is 5.75 Å². The monoisotopic (exact) mass is 557 g/mol. The highest BCUT2D eigenvalue weighted by atomic mass is 79.9. The summed E-state index contributed by atoms with van der Waals surface area (Å²) in [6.07, 6.45) is 1.35. The van der Waals surface area contributed by atoms with E-state index in [1.165, 1.54) is 6.21 Å². The van der Waals surface area contributed by atoms with Crippen LogP contribution in [0.3, 0.4) is 0 Å². The number of rotatable bonds is 7. The van der Waals surface area contributed by atoms with Gasteiger partial charge >= 0.3 is 5.97 Å². The van der Waals surface area contributed by atoms with Gasteiger partial charge in [-0.1, -0.05) is 46.3 Å². The first-order valence-electron chi connectivity index (χ1n) is 9.35. The fraction of sp³-hybridized carbons (Fsp3) is 0.0435. The minimum atomic E-state index is -0.514. The Kier molecular flexibility index (Phi) is 8.29. The second-order valence-electron chi connectivity index (χ2n) is 6.39. The van der Waals surface area contributed by atoms with Gasteiger partial charge in [0.05, 0.1) is 23.9 Å². The zero-order chi connectivity index (χ0) is 22.9. The number of benzene rings is 3. The van der Waals surface area contributed by atoms with Gasteiger partial charge in [-0.2, -0.15) is 5.10 Å². The molecule has 0 aliphatic heterocycles. The predicted octanol–water partition coefficient (Wildman–Crippen LogP) is 4.31. The molecule has 0 radical (unpaired) electrons. The smallest absolute Gasteiger partial charge is 0.343 e. The van der Waals surface area contributed by atoms with Gasteiger partial charge < -0.3 is 10.1 Å². The molecule has 2 amide bonds. The summed E-state index contributed by atoms with van der Waals surface area (Å²) in [5.74, 6) is -1.14.